The van der Waals surface area contributed by atoms with Crippen LogP contribution in [-0.4, -0.2) is 60.0 Å². The smallest absolute Gasteiger partial charge is 0.269 e. The van der Waals surface area contributed by atoms with Crippen molar-refractivity contribution >= 4 is 57.5 Å². The first-order chi connectivity index (χ1) is 23.2. The van der Waals surface area contributed by atoms with E-state index in [1.807, 2.05) is 69.0 Å². The van der Waals surface area contributed by atoms with Crippen LogP contribution in [0.2, 0.25) is 0 Å². The van der Waals surface area contributed by atoms with Gasteiger partial charge in [-0.25, -0.2) is 4.99 Å². The maximum absolute atomic E-state index is 14.3. The zero-order valence-electron chi connectivity index (χ0n) is 30.3. The van der Waals surface area contributed by atoms with E-state index in [0.717, 1.165) is 46.1 Å². The summed E-state index contributed by atoms with van der Waals surface area (Å²) in [6, 6.07) is 15.8. The molecule has 4 rings (SSSR count). The molecule has 48 heavy (non-hydrogen) atoms. The number of aliphatic imine (C=N–C) groups is 1. The SMILES string of the molecule is C/C=C(\CC)CCCN1C(=O)/C(=C2/SC(C)=C(c3ccccc3)N2CCOC)SC1=Nc1cc(C(C)=O)ccc1NCC.C=CC.CC. The molecule has 9 heteroatoms. The van der Waals surface area contributed by atoms with Gasteiger partial charge in [0.25, 0.3) is 5.91 Å². The lowest BCUT2D eigenvalue weighted by Crippen LogP contribution is -2.31. The van der Waals surface area contributed by atoms with E-state index in [4.69, 9.17) is 9.73 Å². The number of carbonyl (C=O) groups excluding carboxylic acids is 2. The molecule has 1 N–H and O–H groups in total. The highest BCUT2D eigenvalue weighted by atomic mass is 32.2. The fraction of sp³-hybridized carbons (Fsp3) is 0.410. The third kappa shape index (κ3) is 10.7. The van der Waals surface area contributed by atoms with Crippen LogP contribution in [0.4, 0.5) is 11.4 Å². The summed E-state index contributed by atoms with van der Waals surface area (Å²) in [5.74, 6) is -0.0640. The van der Waals surface area contributed by atoms with Crippen LogP contribution in [0.25, 0.3) is 5.70 Å². The molecule has 1 saturated heterocycles. The molecule has 2 aromatic rings. The maximum atomic E-state index is 14.3. The van der Waals surface area contributed by atoms with Crippen molar-refractivity contribution in [3.63, 3.8) is 0 Å². The third-order valence-electron chi connectivity index (χ3n) is 7.45. The Hall–Kier alpha value is -3.53. The van der Waals surface area contributed by atoms with E-state index < -0.39 is 0 Å². The van der Waals surface area contributed by atoms with Crippen LogP contribution in [0.5, 0.6) is 0 Å². The van der Waals surface area contributed by atoms with Gasteiger partial charge < -0.3 is 15.0 Å². The molecule has 0 bridgehead atoms. The van der Waals surface area contributed by atoms with E-state index in [2.05, 4.69) is 55.8 Å². The summed E-state index contributed by atoms with van der Waals surface area (Å²) in [5.41, 5.74) is 5.65. The topological polar surface area (TPSA) is 74.2 Å². The van der Waals surface area contributed by atoms with E-state index in [1.165, 1.54) is 17.3 Å². The minimum absolute atomic E-state index is 0.0242. The average molecular weight is 691 g/mol. The van der Waals surface area contributed by atoms with Crippen molar-refractivity contribution in [2.24, 2.45) is 4.99 Å². The number of thioether (sulfide) groups is 2. The van der Waals surface area contributed by atoms with Crippen molar-refractivity contribution in [3.05, 3.63) is 98.8 Å². The van der Waals surface area contributed by atoms with Crippen LogP contribution in [-0.2, 0) is 9.53 Å². The predicted molar refractivity (Wildman–Crippen MR) is 210 cm³/mol. The monoisotopic (exact) mass is 690 g/mol. The van der Waals surface area contributed by atoms with Gasteiger partial charge in [-0.3, -0.25) is 14.5 Å². The highest BCUT2D eigenvalue weighted by Crippen LogP contribution is 2.50. The van der Waals surface area contributed by atoms with E-state index >= 15 is 0 Å². The number of anilines is 1. The number of Topliss-reactive ketones (excluding diaryl/α,β-unsaturated/α-hetero) is 1. The standard InChI is InChI=1S/C34H42N4O3S2.C3H6.C2H6/c1-7-25(8-2)14-13-19-38-32(40)31(43-34(38)36-29-22-27(23(4)39)17-18-28(29)35-9-3)33-37(20-21-41-6)30(24(5)42-33)26-15-11-10-12-16-26;1-3-2;1-2/h7,10-12,15-18,22,35H,8-9,13-14,19-21H2,1-6H3;3H,1H2,2H3;1-2H3/b25-7+,33-31-,36-34?;;. The molecule has 7 nitrogen and oxygen atoms in total. The number of methoxy groups -OCH3 is 1. The molecule has 1 amide bonds. The van der Waals surface area contributed by atoms with Gasteiger partial charge in [0.15, 0.2) is 11.0 Å². The second-order valence-electron chi connectivity index (χ2n) is 10.7. The third-order valence-corrected chi connectivity index (χ3v) is 9.76. The molecule has 0 saturated carbocycles. The quantitative estimate of drug-likeness (QED) is 0.127. The lowest BCUT2D eigenvalue weighted by atomic mass is 10.1. The Labute approximate surface area is 297 Å². The van der Waals surface area contributed by atoms with Gasteiger partial charge in [0, 0.05) is 37.2 Å². The molecular weight excluding hydrogens is 637 g/mol. The van der Waals surface area contributed by atoms with Crippen molar-refractivity contribution < 1.29 is 14.3 Å². The van der Waals surface area contributed by atoms with E-state index in [1.54, 1.807) is 31.9 Å². The van der Waals surface area contributed by atoms with Crippen LogP contribution < -0.4 is 5.32 Å². The molecule has 0 spiro atoms. The summed E-state index contributed by atoms with van der Waals surface area (Å²) in [7, 11) is 1.70. The van der Waals surface area contributed by atoms with Crippen LogP contribution in [0.1, 0.15) is 90.6 Å². The molecule has 2 heterocycles. The summed E-state index contributed by atoms with van der Waals surface area (Å²) < 4.78 is 5.48. The van der Waals surface area contributed by atoms with Crippen LogP contribution in [0.15, 0.2) is 92.7 Å². The highest BCUT2D eigenvalue weighted by molar-refractivity contribution is 8.19. The maximum Gasteiger partial charge on any atom is 0.269 e. The molecule has 0 aliphatic carbocycles. The Kier molecular flexibility index (Phi) is 18.2. The second-order valence-corrected chi connectivity index (χ2v) is 12.9. The zero-order valence-corrected chi connectivity index (χ0v) is 31.9. The van der Waals surface area contributed by atoms with Gasteiger partial charge in [-0.2, -0.15) is 0 Å². The first-order valence-electron chi connectivity index (χ1n) is 16.9. The number of benzene rings is 2. The molecular formula is C39H54N4O3S2. The normalized spacial score (nSPS) is 16.9. The number of rotatable bonds is 13. The fourth-order valence-corrected chi connectivity index (χ4v) is 7.49. The number of ether oxygens (including phenoxy) is 1. The summed E-state index contributed by atoms with van der Waals surface area (Å²) >= 11 is 3.05. The molecule has 2 aromatic carbocycles. The molecule has 0 unspecified atom stereocenters. The number of nitrogens with zero attached hydrogens (tertiary/aromatic N) is 3. The van der Waals surface area contributed by atoms with Gasteiger partial charge in [-0.05, 0) is 89.4 Å². The fourth-order valence-electron chi connectivity index (χ4n) is 5.15. The van der Waals surface area contributed by atoms with Gasteiger partial charge in [0.1, 0.15) is 4.91 Å². The van der Waals surface area contributed by atoms with Gasteiger partial charge in [-0.1, -0.05) is 80.6 Å². The largest absolute Gasteiger partial charge is 0.384 e. The minimum Gasteiger partial charge on any atom is -0.384 e. The van der Waals surface area contributed by atoms with Crippen molar-refractivity contribution in [1.82, 2.24) is 9.80 Å². The predicted octanol–water partition coefficient (Wildman–Crippen LogP) is 10.5. The van der Waals surface area contributed by atoms with Crippen molar-refractivity contribution in [3.8, 4) is 0 Å². The molecule has 0 radical (unpaired) electrons. The van der Waals surface area contributed by atoms with Crippen molar-refractivity contribution in [2.45, 2.75) is 74.7 Å². The first-order valence-corrected chi connectivity index (χ1v) is 18.5. The van der Waals surface area contributed by atoms with Gasteiger partial charge >= 0.3 is 0 Å². The number of amides is 1. The van der Waals surface area contributed by atoms with E-state index in [9.17, 15) is 9.59 Å². The Bertz CT molecular complexity index is 1510. The number of hydrogen-bond acceptors (Lipinski definition) is 8. The summed E-state index contributed by atoms with van der Waals surface area (Å²) in [6.45, 7) is 21.6. The van der Waals surface area contributed by atoms with Crippen molar-refractivity contribution in [1.29, 1.82) is 0 Å². The van der Waals surface area contributed by atoms with Crippen molar-refractivity contribution in [2.75, 3.05) is 38.7 Å². The molecule has 0 aromatic heterocycles. The molecule has 0 atom stereocenters. The Morgan fingerprint density at radius 1 is 1.04 bits per heavy atom. The molecule has 1 fully saturated rings. The zero-order chi connectivity index (χ0) is 35.6. The van der Waals surface area contributed by atoms with E-state index in [-0.39, 0.29) is 11.7 Å². The molecule has 2 aliphatic heterocycles. The highest BCUT2D eigenvalue weighted by Gasteiger charge is 2.40. The number of nitrogens with one attached hydrogen (secondary N) is 1. The number of hydrogen-bond donors (Lipinski definition) is 1. The second kappa shape index (κ2) is 21.4. The first kappa shape index (κ1) is 40.6. The number of carbonyl (C=O) groups is 2. The number of allylic oxidation sites excluding steroid dienone is 4. The Balaban J connectivity index is 0.00000151. The average Bonchev–Trinajstić information content (AvgIpc) is 3.58. The Morgan fingerprint density at radius 3 is 2.31 bits per heavy atom. The van der Waals surface area contributed by atoms with Gasteiger partial charge in [0.2, 0.25) is 0 Å². The number of ketones is 1. The van der Waals surface area contributed by atoms with Gasteiger partial charge in [-0.15, -0.1) is 6.58 Å². The summed E-state index contributed by atoms with van der Waals surface area (Å²) in [6.07, 6.45) is 6.68. The van der Waals surface area contributed by atoms with Crippen LogP contribution in [0.3, 0.4) is 0 Å². The van der Waals surface area contributed by atoms with Gasteiger partial charge in [0.05, 0.1) is 28.7 Å². The Morgan fingerprint density at radius 2 is 1.73 bits per heavy atom. The van der Waals surface area contributed by atoms with E-state index in [0.29, 0.717) is 47.6 Å². The lowest BCUT2D eigenvalue weighted by molar-refractivity contribution is -0.122. The molecule has 260 valence electrons. The minimum atomic E-state index is -0.0398. The van der Waals surface area contributed by atoms with Crippen LogP contribution >= 0.6 is 23.5 Å². The summed E-state index contributed by atoms with van der Waals surface area (Å²) in [5, 5.41) is 4.90. The molecule has 2 aliphatic rings. The lowest BCUT2D eigenvalue weighted by Gasteiger charge is -2.24. The number of amidine groups is 1. The van der Waals surface area contributed by atoms with Crippen LogP contribution in [0, 0.1) is 0 Å². The summed E-state index contributed by atoms with van der Waals surface area (Å²) in [4.78, 5) is 37.4.